The van der Waals surface area contributed by atoms with Gasteiger partial charge in [-0.3, -0.25) is 0 Å². The van der Waals surface area contributed by atoms with Gasteiger partial charge in [0.25, 0.3) is 0 Å². The topological polar surface area (TPSA) is 60.7 Å². The van der Waals surface area contributed by atoms with Crippen LogP contribution in [0.1, 0.15) is 62.4 Å². The average Bonchev–Trinajstić information content (AvgIpc) is 2.94. The Morgan fingerprint density at radius 3 is 2.23 bits per heavy atom. The van der Waals surface area contributed by atoms with Crippen molar-refractivity contribution >= 4 is 27.6 Å². The summed E-state index contributed by atoms with van der Waals surface area (Å²) in [6.07, 6.45) is 6.97. The quantitative estimate of drug-likeness (QED) is 0.197. The monoisotopic (exact) mass is 512 g/mol. The van der Waals surface area contributed by atoms with Gasteiger partial charge in [0.15, 0.2) is 0 Å². The standard InChI is InChI=1S/C36H32O3/c1-18-16-22-8-9-23-19(2)32(37)14-12-26(23)31(22)17-30(18)27-6-5-7-29-34-25(21(4)36(39)35(27)29)11-10-24-20(3)33(38)15-13-28(24)34/h5,7-9,12-17,27,37-39H,6,10-11H2,1-4H3. The number of allylic oxidation sites excluding steroid dienone is 1. The van der Waals surface area contributed by atoms with Gasteiger partial charge in [0.2, 0.25) is 0 Å². The predicted molar refractivity (Wildman–Crippen MR) is 160 cm³/mol. The Bertz CT molecular complexity index is 1910. The lowest BCUT2D eigenvalue weighted by Crippen LogP contribution is -2.15. The van der Waals surface area contributed by atoms with Crippen LogP contribution in [0.15, 0.2) is 54.6 Å². The third-order valence-corrected chi connectivity index (χ3v) is 9.41. The van der Waals surface area contributed by atoms with Crippen molar-refractivity contribution in [1.29, 1.82) is 0 Å². The van der Waals surface area contributed by atoms with Gasteiger partial charge >= 0.3 is 0 Å². The van der Waals surface area contributed by atoms with E-state index in [0.717, 1.165) is 63.2 Å². The van der Waals surface area contributed by atoms with E-state index in [4.69, 9.17) is 0 Å². The number of fused-ring (bicyclic) bond motifs is 8. The van der Waals surface area contributed by atoms with Gasteiger partial charge in [0, 0.05) is 11.5 Å². The van der Waals surface area contributed by atoms with Crippen molar-refractivity contribution in [2.24, 2.45) is 0 Å². The van der Waals surface area contributed by atoms with E-state index in [2.05, 4.69) is 56.3 Å². The highest BCUT2D eigenvalue weighted by atomic mass is 16.3. The molecular formula is C36H32O3. The van der Waals surface area contributed by atoms with Crippen LogP contribution in [0.4, 0.5) is 0 Å². The van der Waals surface area contributed by atoms with Crippen molar-refractivity contribution in [1.82, 2.24) is 0 Å². The molecule has 0 heterocycles. The number of aryl methyl sites for hydroxylation is 2. The third-order valence-electron chi connectivity index (χ3n) is 9.41. The highest BCUT2D eigenvalue weighted by molar-refractivity contribution is 6.09. The number of phenolic OH excluding ortho intramolecular Hbond substituents is 3. The van der Waals surface area contributed by atoms with Crippen LogP contribution in [-0.2, 0) is 12.8 Å². The molecule has 5 aromatic carbocycles. The summed E-state index contributed by atoms with van der Waals surface area (Å²) in [5.74, 6) is 1.10. The van der Waals surface area contributed by atoms with Gasteiger partial charge in [-0.2, -0.15) is 0 Å². The zero-order chi connectivity index (χ0) is 27.2. The Morgan fingerprint density at radius 1 is 0.692 bits per heavy atom. The van der Waals surface area contributed by atoms with Crippen molar-refractivity contribution in [3.8, 4) is 28.4 Å². The van der Waals surface area contributed by atoms with Gasteiger partial charge in [0.1, 0.15) is 17.2 Å². The maximum Gasteiger partial charge on any atom is 0.123 e. The molecule has 0 fully saturated rings. The second-order valence-electron chi connectivity index (χ2n) is 11.4. The number of benzene rings is 5. The van der Waals surface area contributed by atoms with Crippen molar-refractivity contribution in [2.45, 2.75) is 52.9 Å². The van der Waals surface area contributed by atoms with Crippen molar-refractivity contribution < 1.29 is 15.3 Å². The lowest BCUT2D eigenvalue weighted by molar-refractivity contribution is 0.458. The number of hydrogen-bond donors (Lipinski definition) is 3. The maximum absolute atomic E-state index is 11.7. The minimum Gasteiger partial charge on any atom is -0.508 e. The summed E-state index contributed by atoms with van der Waals surface area (Å²) in [5, 5.41) is 37.0. The van der Waals surface area contributed by atoms with Crippen molar-refractivity contribution in [2.75, 3.05) is 0 Å². The molecule has 39 heavy (non-hydrogen) atoms. The zero-order valence-corrected chi connectivity index (χ0v) is 22.8. The first-order valence-electron chi connectivity index (χ1n) is 13.8. The molecule has 0 saturated carbocycles. The molecule has 0 aliphatic heterocycles. The van der Waals surface area contributed by atoms with Crippen molar-refractivity contribution in [3.63, 3.8) is 0 Å². The van der Waals surface area contributed by atoms with Crippen LogP contribution >= 0.6 is 0 Å². The molecule has 0 spiro atoms. The highest BCUT2D eigenvalue weighted by Crippen LogP contribution is 2.51. The number of hydrogen-bond acceptors (Lipinski definition) is 3. The average molecular weight is 513 g/mol. The molecule has 1 unspecified atom stereocenters. The van der Waals surface area contributed by atoms with E-state index < -0.39 is 0 Å². The smallest absolute Gasteiger partial charge is 0.123 e. The molecular weight excluding hydrogens is 480 g/mol. The summed E-state index contributed by atoms with van der Waals surface area (Å²) in [4.78, 5) is 0. The van der Waals surface area contributed by atoms with Gasteiger partial charge < -0.3 is 15.3 Å². The fraction of sp³-hybridized carbons (Fsp3) is 0.222. The summed E-state index contributed by atoms with van der Waals surface area (Å²) in [7, 11) is 0. The largest absolute Gasteiger partial charge is 0.508 e. The minimum absolute atomic E-state index is 0.0236. The van der Waals surface area contributed by atoms with Gasteiger partial charge in [-0.1, -0.05) is 42.5 Å². The zero-order valence-electron chi connectivity index (χ0n) is 22.8. The first-order valence-corrected chi connectivity index (χ1v) is 13.8. The lowest BCUT2D eigenvalue weighted by atomic mass is 9.72. The number of phenols is 3. The molecule has 194 valence electrons. The molecule has 1 atom stereocenters. The van der Waals surface area contributed by atoms with Crippen LogP contribution in [0, 0.1) is 27.7 Å². The maximum atomic E-state index is 11.7. The van der Waals surface area contributed by atoms with E-state index in [1.807, 2.05) is 19.9 Å². The summed E-state index contributed by atoms with van der Waals surface area (Å²) in [5.41, 5.74) is 12.2. The van der Waals surface area contributed by atoms with Crippen LogP contribution < -0.4 is 0 Å². The van der Waals surface area contributed by atoms with Crippen LogP contribution in [0.3, 0.4) is 0 Å². The molecule has 0 aromatic heterocycles. The summed E-state index contributed by atoms with van der Waals surface area (Å²) >= 11 is 0. The molecule has 0 saturated heterocycles. The van der Waals surface area contributed by atoms with Crippen LogP contribution in [0.25, 0.3) is 38.7 Å². The molecule has 2 aliphatic rings. The molecule has 0 radical (unpaired) electrons. The van der Waals surface area contributed by atoms with Crippen LogP contribution in [-0.4, -0.2) is 15.3 Å². The number of aromatic hydroxyl groups is 3. The van der Waals surface area contributed by atoms with Crippen LogP contribution in [0.2, 0.25) is 0 Å². The second-order valence-corrected chi connectivity index (χ2v) is 11.4. The Morgan fingerprint density at radius 2 is 1.41 bits per heavy atom. The Hall–Kier alpha value is -4.24. The van der Waals surface area contributed by atoms with Gasteiger partial charge in [-0.25, -0.2) is 0 Å². The van der Waals surface area contributed by atoms with E-state index in [-0.39, 0.29) is 5.92 Å². The Balaban J connectivity index is 1.50. The third kappa shape index (κ3) is 3.29. The normalized spacial score (nSPS) is 15.8. The first-order chi connectivity index (χ1) is 18.8. The molecule has 7 rings (SSSR count). The van der Waals surface area contributed by atoms with Crippen LogP contribution in [0.5, 0.6) is 17.2 Å². The predicted octanol–water partition coefficient (Wildman–Crippen LogP) is 8.66. The number of rotatable bonds is 1. The minimum atomic E-state index is 0.0236. The molecule has 0 bridgehead atoms. The fourth-order valence-corrected chi connectivity index (χ4v) is 7.21. The van der Waals surface area contributed by atoms with E-state index >= 15 is 0 Å². The summed E-state index contributed by atoms with van der Waals surface area (Å²) in [6, 6.07) is 16.5. The summed E-state index contributed by atoms with van der Waals surface area (Å²) < 4.78 is 0. The Labute approximate surface area is 228 Å². The highest BCUT2D eigenvalue weighted by Gasteiger charge is 2.32. The van der Waals surface area contributed by atoms with E-state index in [1.165, 1.54) is 38.8 Å². The second kappa shape index (κ2) is 8.38. The van der Waals surface area contributed by atoms with Gasteiger partial charge in [0.05, 0.1) is 0 Å². The summed E-state index contributed by atoms with van der Waals surface area (Å²) in [6.45, 7) is 8.19. The lowest BCUT2D eigenvalue weighted by Gasteiger charge is -2.32. The fourth-order valence-electron chi connectivity index (χ4n) is 7.21. The van der Waals surface area contributed by atoms with Gasteiger partial charge in [-0.05, 0) is 142 Å². The molecule has 2 aliphatic carbocycles. The van der Waals surface area contributed by atoms with Crippen molar-refractivity contribution in [3.05, 3.63) is 105 Å². The molecule has 3 N–H and O–H groups in total. The van der Waals surface area contributed by atoms with E-state index in [0.29, 0.717) is 17.2 Å². The molecule has 3 nitrogen and oxygen atoms in total. The SMILES string of the molecule is Cc1cc2ccc3c(C)c(O)ccc3c2cc1C1CC=Cc2c3c(c(C)c(O)c21)CCc1c-3ccc(O)c1C. The molecule has 0 amide bonds. The van der Waals surface area contributed by atoms with E-state index in [1.54, 1.807) is 12.1 Å². The Kier molecular flexibility index (Phi) is 5.12. The molecule has 5 aromatic rings. The van der Waals surface area contributed by atoms with Gasteiger partial charge in [-0.15, -0.1) is 0 Å². The first kappa shape index (κ1) is 23.8. The molecule has 3 heteroatoms. The van der Waals surface area contributed by atoms with E-state index in [9.17, 15) is 15.3 Å².